The largest absolute Gasteiger partial charge is 0.368 e. The second kappa shape index (κ2) is 6.57. The smallest absolute Gasteiger partial charge is 0.219 e. The standard InChI is InChI=1S/C15H14FN5S/c16-13-7-2-1-5-11(13)9-21-14(17)19-15(20-21)22-10-12-6-3-4-8-18-12/h1-8H,9-10H2,(H2,17,19,20). The van der Waals surface area contributed by atoms with Crippen molar-refractivity contribution < 1.29 is 4.39 Å². The third-order valence-electron chi connectivity index (χ3n) is 3.03. The van der Waals surface area contributed by atoms with Crippen LogP contribution in [0.25, 0.3) is 0 Å². The van der Waals surface area contributed by atoms with Crippen LogP contribution >= 0.6 is 11.8 Å². The molecule has 2 N–H and O–H groups in total. The molecule has 7 heteroatoms. The zero-order valence-corrected chi connectivity index (χ0v) is 12.5. The lowest BCUT2D eigenvalue weighted by Crippen LogP contribution is -2.07. The van der Waals surface area contributed by atoms with Gasteiger partial charge in [0, 0.05) is 17.5 Å². The number of hydrogen-bond donors (Lipinski definition) is 1. The van der Waals surface area contributed by atoms with Crippen molar-refractivity contribution in [2.75, 3.05) is 5.73 Å². The highest BCUT2D eigenvalue weighted by Gasteiger charge is 2.10. The van der Waals surface area contributed by atoms with Crippen LogP contribution in [-0.4, -0.2) is 19.7 Å². The van der Waals surface area contributed by atoms with Gasteiger partial charge in [-0.1, -0.05) is 36.0 Å². The van der Waals surface area contributed by atoms with Gasteiger partial charge in [-0.05, 0) is 18.2 Å². The number of benzene rings is 1. The molecule has 0 aliphatic carbocycles. The van der Waals surface area contributed by atoms with E-state index in [1.165, 1.54) is 22.5 Å². The molecule has 0 unspecified atom stereocenters. The third-order valence-corrected chi connectivity index (χ3v) is 3.91. The highest BCUT2D eigenvalue weighted by atomic mass is 32.2. The van der Waals surface area contributed by atoms with Gasteiger partial charge in [0.15, 0.2) is 0 Å². The summed E-state index contributed by atoms with van der Waals surface area (Å²) < 4.78 is 15.2. The number of anilines is 1. The number of nitrogens with zero attached hydrogens (tertiary/aromatic N) is 4. The molecule has 3 rings (SSSR count). The number of rotatable bonds is 5. The molecule has 0 aliphatic heterocycles. The van der Waals surface area contributed by atoms with E-state index in [4.69, 9.17) is 5.73 Å². The van der Waals surface area contributed by atoms with Crippen LogP contribution in [0.1, 0.15) is 11.3 Å². The van der Waals surface area contributed by atoms with E-state index in [-0.39, 0.29) is 18.3 Å². The molecule has 22 heavy (non-hydrogen) atoms. The minimum absolute atomic E-state index is 0.260. The molecule has 0 saturated heterocycles. The Morgan fingerprint density at radius 3 is 2.73 bits per heavy atom. The SMILES string of the molecule is Nc1nc(SCc2ccccn2)nn1Cc1ccccc1F. The fraction of sp³-hybridized carbons (Fsp3) is 0.133. The molecular weight excluding hydrogens is 301 g/mol. The molecule has 0 amide bonds. The number of thioether (sulfide) groups is 1. The molecule has 112 valence electrons. The highest BCUT2D eigenvalue weighted by Crippen LogP contribution is 2.20. The van der Waals surface area contributed by atoms with E-state index < -0.39 is 0 Å². The summed E-state index contributed by atoms with van der Waals surface area (Å²) in [6, 6.07) is 12.3. The predicted molar refractivity (Wildman–Crippen MR) is 83.7 cm³/mol. The molecular formula is C15H14FN5S. The molecule has 0 radical (unpaired) electrons. The summed E-state index contributed by atoms with van der Waals surface area (Å²) >= 11 is 1.44. The second-order valence-electron chi connectivity index (χ2n) is 4.61. The maximum absolute atomic E-state index is 13.7. The van der Waals surface area contributed by atoms with Crippen molar-refractivity contribution in [1.82, 2.24) is 19.7 Å². The molecule has 2 heterocycles. The van der Waals surface area contributed by atoms with Gasteiger partial charge in [-0.15, -0.1) is 5.10 Å². The number of halogens is 1. The van der Waals surface area contributed by atoms with Gasteiger partial charge in [-0.3, -0.25) is 4.98 Å². The Hall–Kier alpha value is -2.41. The van der Waals surface area contributed by atoms with E-state index in [1.807, 2.05) is 18.2 Å². The summed E-state index contributed by atoms with van der Waals surface area (Å²) in [5.74, 6) is 0.649. The van der Waals surface area contributed by atoms with Crippen molar-refractivity contribution in [2.24, 2.45) is 0 Å². The number of pyridine rings is 1. The Morgan fingerprint density at radius 1 is 1.14 bits per heavy atom. The van der Waals surface area contributed by atoms with Gasteiger partial charge in [0.1, 0.15) is 5.82 Å². The van der Waals surface area contributed by atoms with Crippen LogP contribution in [0.15, 0.2) is 53.8 Å². The maximum Gasteiger partial charge on any atom is 0.219 e. The van der Waals surface area contributed by atoms with Crippen molar-refractivity contribution in [3.05, 3.63) is 65.7 Å². The van der Waals surface area contributed by atoms with Crippen LogP contribution in [0.4, 0.5) is 10.3 Å². The van der Waals surface area contributed by atoms with Crippen LogP contribution in [0.3, 0.4) is 0 Å². The Bertz CT molecular complexity index is 760. The molecule has 0 saturated carbocycles. The van der Waals surface area contributed by atoms with Gasteiger partial charge >= 0.3 is 0 Å². The molecule has 0 fully saturated rings. The van der Waals surface area contributed by atoms with Crippen molar-refractivity contribution in [3.63, 3.8) is 0 Å². The Labute approximate surface area is 131 Å². The van der Waals surface area contributed by atoms with E-state index in [9.17, 15) is 4.39 Å². The maximum atomic E-state index is 13.7. The zero-order valence-electron chi connectivity index (χ0n) is 11.7. The first-order valence-electron chi connectivity index (χ1n) is 6.69. The van der Waals surface area contributed by atoms with Gasteiger partial charge in [0.25, 0.3) is 0 Å². The van der Waals surface area contributed by atoms with E-state index in [0.29, 0.717) is 16.5 Å². The molecule has 0 atom stereocenters. The van der Waals surface area contributed by atoms with Crippen LogP contribution < -0.4 is 5.73 Å². The molecule has 1 aromatic carbocycles. The van der Waals surface area contributed by atoms with E-state index >= 15 is 0 Å². The lowest BCUT2D eigenvalue weighted by atomic mass is 10.2. The van der Waals surface area contributed by atoms with E-state index in [0.717, 1.165) is 5.69 Å². The number of aromatic nitrogens is 4. The van der Waals surface area contributed by atoms with Crippen LogP contribution in [0.2, 0.25) is 0 Å². The number of nitrogen functional groups attached to an aromatic ring is 1. The third kappa shape index (κ3) is 3.43. The lowest BCUT2D eigenvalue weighted by Gasteiger charge is -2.03. The van der Waals surface area contributed by atoms with Gasteiger partial charge in [0.2, 0.25) is 11.1 Å². The van der Waals surface area contributed by atoms with Crippen molar-refractivity contribution in [2.45, 2.75) is 17.5 Å². The monoisotopic (exact) mass is 315 g/mol. The van der Waals surface area contributed by atoms with Crippen molar-refractivity contribution in [1.29, 1.82) is 0 Å². The highest BCUT2D eigenvalue weighted by molar-refractivity contribution is 7.98. The topological polar surface area (TPSA) is 69.6 Å². The average Bonchev–Trinajstić information content (AvgIpc) is 2.89. The summed E-state index contributed by atoms with van der Waals surface area (Å²) in [5.41, 5.74) is 7.32. The fourth-order valence-electron chi connectivity index (χ4n) is 1.92. The summed E-state index contributed by atoms with van der Waals surface area (Å²) in [6.45, 7) is 0.260. The first-order valence-corrected chi connectivity index (χ1v) is 7.67. The Morgan fingerprint density at radius 2 is 1.95 bits per heavy atom. The minimum atomic E-state index is -0.278. The molecule has 0 spiro atoms. The zero-order chi connectivity index (χ0) is 15.4. The van der Waals surface area contributed by atoms with Gasteiger partial charge in [-0.25, -0.2) is 9.07 Å². The lowest BCUT2D eigenvalue weighted by molar-refractivity contribution is 0.583. The van der Waals surface area contributed by atoms with Crippen LogP contribution in [0, 0.1) is 5.82 Å². The van der Waals surface area contributed by atoms with Gasteiger partial charge in [-0.2, -0.15) is 4.98 Å². The van der Waals surface area contributed by atoms with Crippen LogP contribution in [-0.2, 0) is 12.3 Å². The summed E-state index contributed by atoms with van der Waals surface area (Å²) in [6.07, 6.45) is 1.74. The molecule has 0 bridgehead atoms. The molecule has 0 aliphatic rings. The van der Waals surface area contributed by atoms with E-state index in [2.05, 4.69) is 15.1 Å². The molecule has 5 nitrogen and oxygen atoms in total. The number of hydrogen-bond acceptors (Lipinski definition) is 5. The first-order chi connectivity index (χ1) is 10.7. The molecule has 2 aromatic heterocycles. The number of nitrogens with two attached hydrogens (primary N) is 1. The van der Waals surface area contributed by atoms with Crippen LogP contribution in [0.5, 0.6) is 0 Å². The van der Waals surface area contributed by atoms with Crippen molar-refractivity contribution in [3.8, 4) is 0 Å². The summed E-state index contributed by atoms with van der Waals surface area (Å²) in [4.78, 5) is 8.43. The quantitative estimate of drug-likeness (QED) is 0.733. The second-order valence-corrected chi connectivity index (χ2v) is 5.55. The van der Waals surface area contributed by atoms with E-state index in [1.54, 1.807) is 24.4 Å². The molecule has 3 aromatic rings. The van der Waals surface area contributed by atoms with Gasteiger partial charge < -0.3 is 5.73 Å². The fourth-order valence-corrected chi connectivity index (χ4v) is 2.68. The predicted octanol–water partition coefficient (Wildman–Crippen LogP) is 2.74. The normalized spacial score (nSPS) is 10.8. The Kier molecular flexibility index (Phi) is 4.34. The summed E-state index contributed by atoms with van der Waals surface area (Å²) in [7, 11) is 0. The van der Waals surface area contributed by atoms with Gasteiger partial charge in [0.05, 0.1) is 12.2 Å². The van der Waals surface area contributed by atoms with Crippen molar-refractivity contribution >= 4 is 17.7 Å². The summed E-state index contributed by atoms with van der Waals surface area (Å²) in [5, 5.41) is 4.87. The Balaban J connectivity index is 1.70. The first kappa shape index (κ1) is 14.5. The minimum Gasteiger partial charge on any atom is -0.368 e. The average molecular weight is 315 g/mol.